The van der Waals surface area contributed by atoms with Gasteiger partial charge >= 0.3 is 0 Å². The van der Waals surface area contributed by atoms with E-state index in [1.54, 1.807) is 19.2 Å². The van der Waals surface area contributed by atoms with Crippen molar-refractivity contribution >= 4 is 51.7 Å². The van der Waals surface area contributed by atoms with Gasteiger partial charge in [-0.05, 0) is 49.2 Å². The summed E-state index contributed by atoms with van der Waals surface area (Å²) >= 11 is 7.40. The number of aryl methyl sites for hydroxylation is 2. The molecule has 1 aliphatic heterocycles. The molecule has 27 heavy (non-hydrogen) atoms. The standard InChI is InChI=1S/C20H20ClN3O2S/c1-12-5-4-6-14(9-12)23-20-24(3)19(26)17(27-20)11-18(25)22-15-8-7-13(2)16(21)10-15/h4-10,17H,11H2,1-3H3,(H,22,25)/t17-/m1/s1. The molecule has 1 heterocycles. The zero-order valence-electron chi connectivity index (χ0n) is 15.3. The van der Waals surface area contributed by atoms with Crippen molar-refractivity contribution in [2.45, 2.75) is 25.5 Å². The summed E-state index contributed by atoms with van der Waals surface area (Å²) < 4.78 is 0. The normalized spacial score (nSPS) is 18.2. The Kier molecular flexibility index (Phi) is 5.87. The summed E-state index contributed by atoms with van der Waals surface area (Å²) in [5, 5.41) is 3.50. The molecule has 0 aromatic heterocycles. The summed E-state index contributed by atoms with van der Waals surface area (Å²) in [5.74, 6) is -0.352. The lowest BCUT2D eigenvalue weighted by Crippen LogP contribution is -2.30. The van der Waals surface area contributed by atoms with Crippen LogP contribution in [0.15, 0.2) is 47.5 Å². The van der Waals surface area contributed by atoms with Crippen LogP contribution in [0.4, 0.5) is 11.4 Å². The van der Waals surface area contributed by atoms with Crippen LogP contribution in [0.1, 0.15) is 17.5 Å². The van der Waals surface area contributed by atoms with Crippen LogP contribution in [0, 0.1) is 13.8 Å². The van der Waals surface area contributed by atoms with Gasteiger partial charge in [0, 0.05) is 24.2 Å². The van der Waals surface area contributed by atoms with E-state index >= 15 is 0 Å². The Morgan fingerprint density at radius 1 is 1.26 bits per heavy atom. The number of thioether (sulfide) groups is 1. The minimum Gasteiger partial charge on any atom is -0.326 e. The van der Waals surface area contributed by atoms with Gasteiger partial charge in [0.15, 0.2) is 5.17 Å². The van der Waals surface area contributed by atoms with Gasteiger partial charge in [-0.3, -0.25) is 14.5 Å². The van der Waals surface area contributed by atoms with Gasteiger partial charge in [-0.1, -0.05) is 41.6 Å². The number of halogens is 1. The number of aliphatic imine (C=N–C) groups is 1. The largest absolute Gasteiger partial charge is 0.326 e. The number of amides is 2. The van der Waals surface area contributed by atoms with E-state index in [4.69, 9.17) is 11.6 Å². The van der Waals surface area contributed by atoms with E-state index in [-0.39, 0.29) is 18.2 Å². The second kappa shape index (κ2) is 8.15. The van der Waals surface area contributed by atoms with Gasteiger partial charge in [0.05, 0.1) is 5.69 Å². The fourth-order valence-electron chi connectivity index (χ4n) is 2.66. The van der Waals surface area contributed by atoms with Crippen molar-refractivity contribution in [2.75, 3.05) is 12.4 Å². The second-order valence-corrected chi connectivity index (χ2v) is 8.03. The minimum absolute atomic E-state index is 0.0756. The van der Waals surface area contributed by atoms with E-state index < -0.39 is 5.25 Å². The molecule has 1 fully saturated rings. The molecule has 0 spiro atoms. The van der Waals surface area contributed by atoms with Crippen LogP contribution in [-0.4, -0.2) is 34.2 Å². The van der Waals surface area contributed by atoms with Crippen LogP contribution in [0.25, 0.3) is 0 Å². The van der Waals surface area contributed by atoms with E-state index in [2.05, 4.69) is 10.3 Å². The summed E-state index contributed by atoms with van der Waals surface area (Å²) in [4.78, 5) is 30.9. The fourth-order valence-corrected chi connectivity index (χ4v) is 3.99. The number of anilines is 1. The van der Waals surface area contributed by atoms with Crippen LogP contribution in [-0.2, 0) is 9.59 Å². The quantitative estimate of drug-likeness (QED) is 0.817. The number of carbonyl (C=O) groups is 2. The molecule has 140 valence electrons. The first-order valence-electron chi connectivity index (χ1n) is 8.49. The van der Waals surface area contributed by atoms with Gasteiger partial charge in [-0.2, -0.15) is 0 Å². The predicted octanol–water partition coefficient (Wildman–Crippen LogP) is 4.55. The van der Waals surface area contributed by atoms with E-state index in [0.717, 1.165) is 16.8 Å². The lowest BCUT2D eigenvalue weighted by atomic mass is 10.2. The molecule has 2 amide bonds. The maximum Gasteiger partial charge on any atom is 0.242 e. The Morgan fingerprint density at radius 3 is 2.74 bits per heavy atom. The summed E-state index contributed by atoms with van der Waals surface area (Å²) in [6.45, 7) is 3.89. The van der Waals surface area contributed by atoms with Gasteiger partial charge < -0.3 is 5.32 Å². The summed E-state index contributed by atoms with van der Waals surface area (Å²) in [7, 11) is 1.68. The Bertz CT molecular complexity index is 929. The fraction of sp³-hybridized carbons (Fsp3) is 0.250. The highest BCUT2D eigenvalue weighted by Gasteiger charge is 2.37. The molecule has 0 aliphatic carbocycles. The highest BCUT2D eigenvalue weighted by molar-refractivity contribution is 8.15. The van der Waals surface area contributed by atoms with Crippen LogP contribution >= 0.6 is 23.4 Å². The third-order valence-electron chi connectivity index (χ3n) is 4.19. The second-order valence-electron chi connectivity index (χ2n) is 6.45. The lowest BCUT2D eigenvalue weighted by molar-refractivity contribution is -0.127. The van der Waals surface area contributed by atoms with Gasteiger partial charge in [-0.15, -0.1) is 0 Å². The lowest BCUT2D eigenvalue weighted by Gasteiger charge is -2.10. The maximum absolute atomic E-state index is 12.5. The number of rotatable bonds is 4. The zero-order chi connectivity index (χ0) is 19.6. The van der Waals surface area contributed by atoms with Crippen molar-refractivity contribution in [3.05, 3.63) is 58.6 Å². The van der Waals surface area contributed by atoms with Crippen molar-refractivity contribution in [2.24, 2.45) is 4.99 Å². The van der Waals surface area contributed by atoms with Crippen molar-refractivity contribution < 1.29 is 9.59 Å². The number of nitrogens with zero attached hydrogens (tertiary/aromatic N) is 2. The molecule has 2 aromatic rings. The number of benzene rings is 2. The Morgan fingerprint density at radius 2 is 2.04 bits per heavy atom. The monoisotopic (exact) mass is 401 g/mol. The molecule has 2 aromatic carbocycles. The molecular formula is C20H20ClN3O2S. The molecule has 0 saturated carbocycles. The van der Waals surface area contributed by atoms with E-state index in [1.165, 1.54) is 16.7 Å². The number of hydrogen-bond donors (Lipinski definition) is 1. The van der Waals surface area contributed by atoms with Gasteiger partial charge in [0.2, 0.25) is 11.8 Å². The number of hydrogen-bond acceptors (Lipinski definition) is 4. The number of nitrogens with one attached hydrogen (secondary N) is 1. The summed E-state index contributed by atoms with van der Waals surface area (Å²) in [5.41, 5.74) is 3.45. The van der Waals surface area contributed by atoms with Gasteiger partial charge in [-0.25, -0.2) is 4.99 Å². The first kappa shape index (κ1) is 19.5. The third-order valence-corrected chi connectivity index (χ3v) is 5.83. The number of amidine groups is 1. The molecule has 3 rings (SSSR count). The van der Waals surface area contributed by atoms with Crippen molar-refractivity contribution in [1.29, 1.82) is 0 Å². The van der Waals surface area contributed by atoms with Crippen LogP contribution < -0.4 is 5.32 Å². The Hall–Kier alpha value is -2.31. The average molecular weight is 402 g/mol. The van der Waals surface area contributed by atoms with Crippen molar-refractivity contribution in [3.8, 4) is 0 Å². The molecule has 0 bridgehead atoms. The highest BCUT2D eigenvalue weighted by atomic mass is 35.5. The van der Waals surface area contributed by atoms with E-state index in [1.807, 2.05) is 44.2 Å². The minimum atomic E-state index is -0.487. The SMILES string of the molecule is Cc1cccc(N=C2S[C@H](CC(=O)Nc3ccc(C)c(Cl)c3)C(=O)N2C)c1. The topological polar surface area (TPSA) is 61.8 Å². The van der Waals surface area contributed by atoms with Gasteiger partial charge in [0.1, 0.15) is 5.25 Å². The molecule has 1 saturated heterocycles. The molecule has 5 nitrogen and oxygen atoms in total. The van der Waals surface area contributed by atoms with Crippen molar-refractivity contribution in [1.82, 2.24) is 4.90 Å². The third kappa shape index (κ3) is 4.70. The molecular weight excluding hydrogens is 382 g/mol. The van der Waals surface area contributed by atoms with Crippen LogP contribution in [0.2, 0.25) is 5.02 Å². The highest BCUT2D eigenvalue weighted by Crippen LogP contribution is 2.31. The Labute approximate surface area is 167 Å². The molecule has 7 heteroatoms. The molecule has 0 unspecified atom stereocenters. The van der Waals surface area contributed by atoms with E-state index in [0.29, 0.717) is 15.9 Å². The number of carbonyl (C=O) groups excluding carboxylic acids is 2. The van der Waals surface area contributed by atoms with Crippen LogP contribution in [0.5, 0.6) is 0 Å². The smallest absolute Gasteiger partial charge is 0.242 e. The first-order valence-corrected chi connectivity index (χ1v) is 9.75. The van der Waals surface area contributed by atoms with Crippen molar-refractivity contribution in [3.63, 3.8) is 0 Å². The average Bonchev–Trinajstić information content (AvgIpc) is 2.86. The predicted molar refractivity (Wildman–Crippen MR) is 112 cm³/mol. The Balaban J connectivity index is 1.67. The van der Waals surface area contributed by atoms with Gasteiger partial charge in [0.25, 0.3) is 0 Å². The first-order chi connectivity index (χ1) is 12.8. The molecule has 1 aliphatic rings. The van der Waals surface area contributed by atoms with Crippen LogP contribution in [0.3, 0.4) is 0 Å². The molecule has 1 N–H and O–H groups in total. The maximum atomic E-state index is 12.5. The summed E-state index contributed by atoms with van der Waals surface area (Å²) in [6, 6.07) is 13.1. The molecule has 1 atom stereocenters. The zero-order valence-corrected chi connectivity index (χ0v) is 16.9. The van der Waals surface area contributed by atoms with E-state index in [9.17, 15) is 9.59 Å². The molecule has 0 radical (unpaired) electrons. The summed E-state index contributed by atoms with van der Waals surface area (Å²) in [6.07, 6.45) is 0.0756.